The first-order chi connectivity index (χ1) is 18.2. The Kier molecular flexibility index (Phi) is 10.3. The van der Waals surface area contributed by atoms with Gasteiger partial charge in [0.05, 0.1) is 12.4 Å². The maximum Gasteiger partial charge on any atom is 0.326 e. The number of hydrogen-bond acceptors (Lipinski definition) is 7. The van der Waals surface area contributed by atoms with Crippen LogP contribution in [0.3, 0.4) is 0 Å². The van der Waals surface area contributed by atoms with Crippen molar-refractivity contribution in [2.24, 2.45) is 5.73 Å². The molecule has 0 aliphatic carbocycles. The lowest BCUT2D eigenvalue weighted by Gasteiger charge is -2.25. The average molecular weight is 528 g/mol. The molecule has 13 heteroatoms. The number of carboxylic acid groups (broad SMARTS) is 1. The fourth-order valence-corrected chi connectivity index (χ4v) is 4.16. The second kappa shape index (κ2) is 13.9. The number of imidazole rings is 1. The highest BCUT2D eigenvalue weighted by molar-refractivity contribution is 5.94. The summed E-state index contributed by atoms with van der Waals surface area (Å²) in [5, 5.41) is 20.4. The highest BCUT2D eigenvalue weighted by atomic mass is 16.4. The van der Waals surface area contributed by atoms with Crippen molar-refractivity contribution >= 4 is 29.6 Å². The van der Waals surface area contributed by atoms with E-state index in [9.17, 15) is 29.1 Å². The number of aliphatic carboxylic acids is 1. The maximum atomic E-state index is 13.4. The fraction of sp³-hybridized carbons (Fsp3) is 0.440. The number of nitrogens with two attached hydrogens (primary N) is 1. The fourth-order valence-electron chi connectivity index (χ4n) is 4.16. The molecule has 8 N–H and O–H groups in total. The van der Waals surface area contributed by atoms with Crippen LogP contribution in [0.2, 0.25) is 0 Å². The van der Waals surface area contributed by atoms with Gasteiger partial charge in [-0.15, -0.1) is 0 Å². The van der Waals surface area contributed by atoms with Crippen molar-refractivity contribution < 1.29 is 29.1 Å². The number of aromatic amines is 1. The number of nitrogens with one attached hydrogen (secondary N) is 5. The van der Waals surface area contributed by atoms with E-state index in [1.54, 1.807) is 12.1 Å². The summed E-state index contributed by atoms with van der Waals surface area (Å²) in [7, 11) is 0. The number of carboxylic acids is 1. The molecule has 4 unspecified atom stereocenters. The summed E-state index contributed by atoms with van der Waals surface area (Å²) in [6.45, 7) is 0.701. The van der Waals surface area contributed by atoms with Crippen molar-refractivity contribution in [3.8, 4) is 0 Å². The first-order valence-electron chi connectivity index (χ1n) is 12.4. The van der Waals surface area contributed by atoms with Crippen LogP contribution in [-0.2, 0) is 36.8 Å². The Morgan fingerprint density at radius 2 is 1.71 bits per heavy atom. The SMILES string of the molecule is NC(=O)CCC(NC(=O)C(Cc1ccccc1)NC(=O)C1CCCN1)C(=O)NC(Cc1cnc[nH]1)C(=O)O. The summed E-state index contributed by atoms with van der Waals surface area (Å²) >= 11 is 0. The summed E-state index contributed by atoms with van der Waals surface area (Å²) in [4.78, 5) is 69.0. The van der Waals surface area contributed by atoms with Crippen molar-refractivity contribution in [3.63, 3.8) is 0 Å². The molecule has 1 fully saturated rings. The van der Waals surface area contributed by atoms with Gasteiger partial charge in [0.25, 0.3) is 0 Å². The van der Waals surface area contributed by atoms with Crippen molar-refractivity contribution in [2.75, 3.05) is 6.54 Å². The number of aromatic nitrogens is 2. The third kappa shape index (κ3) is 8.69. The monoisotopic (exact) mass is 527 g/mol. The lowest BCUT2D eigenvalue weighted by Crippen LogP contribution is -2.57. The van der Waals surface area contributed by atoms with E-state index in [1.165, 1.54) is 12.5 Å². The lowest BCUT2D eigenvalue weighted by atomic mass is 10.0. The molecule has 1 aliphatic heterocycles. The predicted octanol–water partition coefficient (Wildman–Crippen LogP) is -1.25. The van der Waals surface area contributed by atoms with E-state index in [2.05, 4.69) is 31.2 Å². The molecular weight excluding hydrogens is 494 g/mol. The van der Waals surface area contributed by atoms with Gasteiger partial charge in [-0.3, -0.25) is 19.2 Å². The summed E-state index contributed by atoms with van der Waals surface area (Å²) in [5.41, 5.74) is 6.53. The molecule has 0 saturated carbocycles. The first kappa shape index (κ1) is 28.3. The van der Waals surface area contributed by atoms with E-state index < -0.39 is 47.9 Å². The molecule has 2 aromatic rings. The minimum atomic E-state index is -1.32. The van der Waals surface area contributed by atoms with E-state index in [1.807, 2.05) is 18.2 Å². The number of amides is 4. The van der Waals surface area contributed by atoms with Crippen molar-refractivity contribution in [1.29, 1.82) is 0 Å². The predicted molar refractivity (Wildman–Crippen MR) is 135 cm³/mol. The molecule has 0 radical (unpaired) electrons. The molecule has 38 heavy (non-hydrogen) atoms. The van der Waals surface area contributed by atoms with Gasteiger partial charge in [0.1, 0.15) is 18.1 Å². The average Bonchev–Trinajstić information content (AvgIpc) is 3.60. The van der Waals surface area contributed by atoms with E-state index >= 15 is 0 Å². The Morgan fingerprint density at radius 1 is 1.00 bits per heavy atom. The Bertz CT molecular complexity index is 1100. The van der Waals surface area contributed by atoms with Crippen LogP contribution < -0.4 is 27.0 Å². The molecule has 1 saturated heterocycles. The van der Waals surface area contributed by atoms with Crippen LogP contribution in [0.15, 0.2) is 42.9 Å². The van der Waals surface area contributed by atoms with E-state index in [0.29, 0.717) is 18.7 Å². The van der Waals surface area contributed by atoms with Gasteiger partial charge in [-0.25, -0.2) is 9.78 Å². The molecule has 2 heterocycles. The van der Waals surface area contributed by atoms with E-state index in [0.717, 1.165) is 12.0 Å². The Hall–Kier alpha value is -4.26. The van der Waals surface area contributed by atoms with E-state index in [4.69, 9.17) is 5.73 Å². The molecule has 204 valence electrons. The number of benzene rings is 1. The Labute approximate surface area is 219 Å². The van der Waals surface area contributed by atoms with Gasteiger partial charge >= 0.3 is 5.97 Å². The number of carbonyl (C=O) groups is 5. The highest BCUT2D eigenvalue weighted by Crippen LogP contribution is 2.09. The second-order valence-electron chi connectivity index (χ2n) is 9.15. The van der Waals surface area contributed by atoms with Crippen molar-refractivity contribution in [2.45, 2.75) is 62.7 Å². The zero-order chi connectivity index (χ0) is 27.5. The third-order valence-electron chi connectivity index (χ3n) is 6.20. The van der Waals surface area contributed by atoms with Crippen molar-refractivity contribution in [3.05, 3.63) is 54.1 Å². The van der Waals surface area contributed by atoms with Gasteiger partial charge in [-0.2, -0.15) is 0 Å². The highest BCUT2D eigenvalue weighted by Gasteiger charge is 2.32. The number of rotatable bonds is 14. The molecule has 0 bridgehead atoms. The van der Waals surface area contributed by atoms with Gasteiger partial charge in [-0.05, 0) is 31.4 Å². The second-order valence-corrected chi connectivity index (χ2v) is 9.15. The Balaban J connectivity index is 1.74. The smallest absolute Gasteiger partial charge is 0.326 e. The van der Waals surface area contributed by atoms with Gasteiger partial charge in [0.15, 0.2) is 0 Å². The minimum Gasteiger partial charge on any atom is -0.480 e. The van der Waals surface area contributed by atoms with Crippen LogP contribution in [-0.4, -0.2) is 75.4 Å². The zero-order valence-corrected chi connectivity index (χ0v) is 20.8. The largest absolute Gasteiger partial charge is 0.480 e. The van der Waals surface area contributed by atoms with Crippen molar-refractivity contribution in [1.82, 2.24) is 31.2 Å². The third-order valence-corrected chi connectivity index (χ3v) is 6.20. The zero-order valence-electron chi connectivity index (χ0n) is 20.8. The number of nitrogens with zero attached hydrogens (tertiary/aromatic N) is 1. The summed E-state index contributed by atoms with van der Waals surface area (Å²) in [6, 6.07) is 5.03. The van der Waals surface area contributed by atoms with Gasteiger partial charge in [-0.1, -0.05) is 30.3 Å². The molecule has 4 amide bonds. The number of hydrogen-bond donors (Lipinski definition) is 7. The molecule has 1 aliphatic rings. The van der Waals surface area contributed by atoms with Crippen LogP contribution in [0, 0.1) is 0 Å². The summed E-state index contributed by atoms with van der Waals surface area (Å²) in [6.07, 6.45) is 4.01. The van der Waals surface area contributed by atoms with Crippen LogP contribution in [0.5, 0.6) is 0 Å². The van der Waals surface area contributed by atoms with E-state index in [-0.39, 0.29) is 31.6 Å². The molecular formula is C25H33N7O6. The summed E-state index contributed by atoms with van der Waals surface area (Å²) < 4.78 is 0. The lowest BCUT2D eigenvalue weighted by molar-refractivity contribution is -0.142. The number of carbonyl (C=O) groups excluding carboxylic acids is 4. The van der Waals surface area contributed by atoms with Crippen LogP contribution in [0.1, 0.15) is 36.9 Å². The topological polar surface area (TPSA) is 208 Å². The Morgan fingerprint density at radius 3 is 2.32 bits per heavy atom. The molecule has 1 aromatic carbocycles. The quantitative estimate of drug-likeness (QED) is 0.157. The van der Waals surface area contributed by atoms with Gasteiger partial charge in [0.2, 0.25) is 23.6 Å². The molecule has 0 spiro atoms. The van der Waals surface area contributed by atoms with Crippen LogP contribution in [0.25, 0.3) is 0 Å². The van der Waals surface area contributed by atoms with Crippen LogP contribution in [0.4, 0.5) is 0 Å². The van der Waals surface area contributed by atoms with Crippen LogP contribution >= 0.6 is 0 Å². The molecule has 4 atom stereocenters. The maximum absolute atomic E-state index is 13.4. The number of primary amides is 1. The van der Waals surface area contributed by atoms with Gasteiger partial charge in [0, 0.05) is 31.2 Å². The summed E-state index contributed by atoms with van der Waals surface area (Å²) in [5.74, 6) is -3.75. The normalized spacial score (nSPS) is 17.1. The minimum absolute atomic E-state index is 0.0708. The van der Waals surface area contributed by atoms with Gasteiger partial charge < -0.3 is 37.1 Å². The molecule has 1 aromatic heterocycles. The molecule has 13 nitrogen and oxygen atoms in total. The standard InChI is InChI=1S/C25H33N7O6/c26-21(33)9-8-18(23(35)32-20(25(37)38)12-16-13-27-14-29-16)30-24(36)19(11-15-5-2-1-3-6-15)31-22(34)17-7-4-10-28-17/h1-3,5-6,13-14,17-20,28H,4,7-12H2,(H2,26,33)(H,27,29)(H,30,36)(H,31,34)(H,32,35)(H,37,38). The first-order valence-corrected chi connectivity index (χ1v) is 12.4. The number of H-pyrrole nitrogens is 1. The molecule has 3 rings (SSSR count).